The highest BCUT2D eigenvalue weighted by Gasteiger charge is 2.07. The van der Waals surface area contributed by atoms with E-state index in [1.165, 1.54) is 12.1 Å². The molecule has 0 aromatic heterocycles. The number of carbonyl (C=O) groups is 1. The SMILES string of the molecule is O=C(COc1ccc(Br)cc1F)NCCSCCCO. The number of ether oxygens (including phenoxy) is 1. The summed E-state index contributed by atoms with van der Waals surface area (Å²) in [4.78, 5) is 11.5. The van der Waals surface area contributed by atoms with Gasteiger partial charge in [-0.1, -0.05) is 15.9 Å². The summed E-state index contributed by atoms with van der Waals surface area (Å²) in [6, 6.07) is 4.40. The predicted octanol–water partition coefficient (Wildman–Crippen LogP) is 2.20. The van der Waals surface area contributed by atoms with Gasteiger partial charge in [-0.25, -0.2) is 4.39 Å². The summed E-state index contributed by atoms with van der Waals surface area (Å²) in [6.45, 7) is 0.507. The number of thioether (sulfide) groups is 1. The van der Waals surface area contributed by atoms with E-state index in [4.69, 9.17) is 9.84 Å². The average molecular weight is 366 g/mol. The molecule has 20 heavy (non-hydrogen) atoms. The Morgan fingerprint density at radius 1 is 1.45 bits per heavy atom. The summed E-state index contributed by atoms with van der Waals surface area (Å²) in [5.74, 6) is 0.910. The van der Waals surface area contributed by atoms with Gasteiger partial charge in [-0.2, -0.15) is 11.8 Å². The first-order valence-corrected chi connectivity index (χ1v) is 8.11. The van der Waals surface area contributed by atoms with Gasteiger partial charge in [0.15, 0.2) is 18.2 Å². The fourth-order valence-corrected chi connectivity index (χ4v) is 2.43. The summed E-state index contributed by atoms with van der Waals surface area (Å²) in [5.41, 5.74) is 0. The Hall–Kier alpha value is -0.790. The van der Waals surface area contributed by atoms with Crippen LogP contribution in [0.25, 0.3) is 0 Å². The number of carbonyl (C=O) groups excluding carboxylic acids is 1. The van der Waals surface area contributed by atoms with Crippen molar-refractivity contribution in [2.45, 2.75) is 6.42 Å². The Balaban J connectivity index is 2.16. The van der Waals surface area contributed by atoms with E-state index in [2.05, 4.69) is 21.2 Å². The first-order valence-electron chi connectivity index (χ1n) is 6.16. The van der Waals surface area contributed by atoms with Gasteiger partial charge in [0.25, 0.3) is 5.91 Å². The second-order valence-electron chi connectivity index (χ2n) is 3.90. The number of hydrogen-bond acceptors (Lipinski definition) is 4. The van der Waals surface area contributed by atoms with Crippen LogP contribution in [0.2, 0.25) is 0 Å². The van der Waals surface area contributed by atoms with E-state index in [-0.39, 0.29) is 24.9 Å². The topological polar surface area (TPSA) is 58.6 Å². The zero-order valence-corrected chi connectivity index (χ0v) is 13.3. The maximum absolute atomic E-state index is 13.4. The number of hydrogen-bond donors (Lipinski definition) is 2. The Kier molecular flexibility index (Phi) is 8.64. The number of amides is 1. The minimum Gasteiger partial charge on any atom is -0.481 e. The average Bonchev–Trinajstić information content (AvgIpc) is 2.41. The minimum absolute atomic E-state index is 0.0562. The number of aliphatic hydroxyl groups excluding tert-OH is 1. The molecule has 0 atom stereocenters. The van der Waals surface area contributed by atoms with Gasteiger partial charge in [0.1, 0.15) is 0 Å². The van der Waals surface area contributed by atoms with Crippen molar-refractivity contribution in [3.8, 4) is 5.75 Å². The van der Waals surface area contributed by atoms with Crippen molar-refractivity contribution in [2.75, 3.05) is 31.3 Å². The summed E-state index contributed by atoms with van der Waals surface area (Å²) in [5, 5.41) is 11.3. The Bertz CT molecular complexity index is 434. The highest BCUT2D eigenvalue weighted by Crippen LogP contribution is 2.21. The molecular weight excluding hydrogens is 349 g/mol. The van der Waals surface area contributed by atoms with E-state index in [0.717, 1.165) is 17.9 Å². The number of rotatable bonds is 9. The first kappa shape index (κ1) is 17.3. The highest BCUT2D eigenvalue weighted by atomic mass is 79.9. The van der Waals surface area contributed by atoms with E-state index in [9.17, 15) is 9.18 Å². The number of nitrogens with one attached hydrogen (secondary N) is 1. The maximum Gasteiger partial charge on any atom is 0.257 e. The molecule has 4 nitrogen and oxygen atoms in total. The van der Waals surface area contributed by atoms with E-state index in [0.29, 0.717) is 11.0 Å². The van der Waals surface area contributed by atoms with Crippen molar-refractivity contribution in [1.29, 1.82) is 0 Å². The Labute approximate surface area is 130 Å². The molecule has 7 heteroatoms. The van der Waals surface area contributed by atoms with E-state index >= 15 is 0 Å². The van der Waals surface area contributed by atoms with Crippen LogP contribution in [0.1, 0.15) is 6.42 Å². The Morgan fingerprint density at radius 3 is 2.95 bits per heavy atom. The molecule has 0 saturated heterocycles. The molecule has 1 amide bonds. The van der Waals surface area contributed by atoms with Crippen LogP contribution in [-0.4, -0.2) is 42.3 Å². The van der Waals surface area contributed by atoms with Gasteiger partial charge >= 0.3 is 0 Å². The van der Waals surface area contributed by atoms with E-state index in [1.54, 1.807) is 17.8 Å². The van der Waals surface area contributed by atoms with Crippen LogP contribution in [0.15, 0.2) is 22.7 Å². The lowest BCUT2D eigenvalue weighted by atomic mass is 10.3. The monoisotopic (exact) mass is 365 g/mol. The third kappa shape index (κ3) is 7.12. The highest BCUT2D eigenvalue weighted by molar-refractivity contribution is 9.10. The lowest BCUT2D eigenvalue weighted by Gasteiger charge is -2.08. The summed E-state index contributed by atoms with van der Waals surface area (Å²) in [6.07, 6.45) is 0.755. The molecular formula is C13H17BrFNO3S. The largest absolute Gasteiger partial charge is 0.481 e. The number of aliphatic hydroxyl groups is 1. The lowest BCUT2D eigenvalue weighted by Crippen LogP contribution is -2.30. The molecule has 0 heterocycles. The third-order valence-electron chi connectivity index (χ3n) is 2.27. The zero-order valence-electron chi connectivity index (χ0n) is 10.9. The molecule has 0 unspecified atom stereocenters. The molecule has 0 fully saturated rings. The van der Waals surface area contributed by atoms with E-state index < -0.39 is 5.82 Å². The molecule has 0 aliphatic carbocycles. The molecule has 0 radical (unpaired) electrons. The van der Waals surface area contributed by atoms with Crippen molar-refractivity contribution in [1.82, 2.24) is 5.32 Å². The fourth-order valence-electron chi connectivity index (χ4n) is 1.32. The quantitative estimate of drug-likeness (QED) is 0.658. The molecule has 0 aliphatic rings. The van der Waals surface area contributed by atoms with Crippen LogP contribution in [0, 0.1) is 5.82 Å². The standard InChI is InChI=1S/C13H17BrFNO3S/c14-10-2-3-12(11(15)8-10)19-9-13(18)16-4-7-20-6-1-5-17/h2-3,8,17H,1,4-7,9H2,(H,16,18). The molecule has 0 spiro atoms. The van der Waals surface area contributed by atoms with Crippen molar-refractivity contribution >= 4 is 33.6 Å². The van der Waals surface area contributed by atoms with Crippen LogP contribution in [0.4, 0.5) is 4.39 Å². The number of halogens is 2. The molecule has 0 saturated carbocycles. The van der Waals surface area contributed by atoms with Gasteiger partial charge in [0.2, 0.25) is 0 Å². The molecule has 1 aromatic carbocycles. The summed E-state index contributed by atoms with van der Waals surface area (Å²) >= 11 is 4.80. The second-order valence-corrected chi connectivity index (χ2v) is 6.04. The molecule has 2 N–H and O–H groups in total. The van der Waals surface area contributed by atoms with Crippen molar-refractivity contribution < 1.29 is 19.0 Å². The lowest BCUT2D eigenvalue weighted by molar-refractivity contribution is -0.123. The maximum atomic E-state index is 13.4. The third-order valence-corrected chi connectivity index (χ3v) is 3.83. The van der Waals surface area contributed by atoms with Gasteiger partial charge in [-0.05, 0) is 30.4 Å². The van der Waals surface area contributed by atoms with Crippen LogP contribution in [0.5, 0.6) is 5.75 Å². The number of benzene rings is 1. The Morgan fingerprint density at radius 2 is 2.25 bits per heavy atom. The van der Waals surface area contributed by atoms with Gasteiger partial charge in [0.05, 0.1) is 0 Å². The van der Waals surface area contributed by atoms with Crippen LogP contribution in [0.3, 0.4) is 0 Å². The van der Waals surface area contributed by atoms with Crippen molar-refractivity contribution in [3.63, 3.8) is 0 Å². The fraction of sp³-hybridized carbons (Fsp3) is 0.462. The van der Waals surface area contributed by atoms with Gasteiger partial charge in [-0.15, -0.1) is 0 Å². The molecule has 1 aromatic rings. The van der Waals surface area contributed by atoms with Crippen LogP contribution in [-0.2, 0) is 4.79 Å². The van der Waals surface area contributed by atoms with Crippen molar-refractivity contribution in [3.05, 3.63) is 28.5 Å². The molecule has 112 valence electrons. The molecule has 1 rings (SSSR count). The van der Waals surface area contributed by atoms with Gasteiger partial charge in [0, 0.05) is 23.4 Å². The summed E-state index contributed by atoms with van der Waals surface area (Å²) < 4.78 is 19.1. The zero-order chi connectivity index (χ0) is 14.8. The van der Waals surface area contributed by atoms with Crippen LogP contribution < -0.4 is 10.1 Å². The van der Waals surface area contributed by atoms with E-state index in [1.807, 2.05) is 0 Å². The molecule has 0 aliphatic heterocycles. The minimum atomic E-state index is -0.508. The van der Waals surface area contributed by atoms with Gasteiger partial charge < -0.3 is 15.2 Å². The first-order chi connectivity index (χ1) is 9.63. The smallest absolute Gasteiger partial charge is 0.257 e. The predicted molar refractivity (Wildman–Crippen MR) is 81.6 cm³/mol. The normalized spacial score (nSPS) is 10.3. The van der Waals surface area contributed by atoms with Gasteiger partial charge in [-0.3, -0.25) is 4.79 Å². The van der Waals surface area contributed by atoms with Crippen LogP contribution >= 0.6 is 27.7 Å². The summed E-state index contributed by atoms with van der Waals surface area (Å²) in [7, 11) is 0. The second kappa shape index (κ2) is 10.0. The molecule has 0 bridgehead atoms. The van der Waals surface area contributed by atoms with Crippen molar-refractivity contribution in [2.24, 2.45) is 0 Å².